The van der Waals surface area contributed by atoms with Gasteiger partial charge >= 0.3 is 0 Å². The van der Waals surface area contributed by atoms with Gasteiger partial charge in [0.05, 0.1) is 11.0 Å². The van der Waals surface area contributed by atoms with Gasteiger partial charge in [-0.15, -0.1) is 0 Å². The van der Waals surface area contributed by atoms with Gasteiger partial charge in [0.15, 0.2) is 0 Å². The monoisotopic (exact) mass is 219 g/mol. The Morgan fingerprint density at radius 3 is 2.56 bits per heavy atom. The molecule has 88 valence electrons. The molecule has 1 aromatic carbocycles. The van der Waals surface area contributed by atoms with Crippen molar-refractivity contribution in [3.63, 3.8) is 0 Å². The van der Waals surface area contributed by atoms with Crippen LogP contribution in [0.5, 0.6) is 0 Å². The number of aryl methyl sites for hydroxylation is 1. The molecule has 16 heavy (non-hydrogen) atoms. The Labute approximate surface area is 97.5 Å². The average molecular weight is 219 g/mol. The number of hydrogen-bond acceptors (Lipinski definition) is 2. The highest BCUT2D eigenvalue weighted by Gasteiger charge is 2.06. The van der Waals surface area contributed by atoms with Gasteiger partial charge in [0.1, 0.15) is 0 Å². The summed E-state index contributed by atoms with van der Waals surface area (Å²) in [5, 5.41) is 3.12. The summed E-state index contributed by atoms with van der Waals surface area (Å²) in [5.41, 5.74) is 2.27. The molecule has 1 N–H and O–H groups in total. The first-order chi connectivity index (χ1) is 7.86. The van der Waals surface area contributed by atoms with Crippen LogP contribution in [-0.2, 0) is 6.54 Å². The number of anilines is 1. The predicted octanol–water partition coefficient (Wildman–Crippen LogP) is 3.51. The number of para-hydroxylation sites is 2. The van der Waals surface area contributed by atoms with Crippen LogP contribution in [0.25, 0.3) is 11.0 Å². The molecule has 0 spiro atoms. The molecule has 1 aromatic heterocycles. The third kappa shape index (κ3) is 2.35. The van der Waals surface area contributed by atoms with Crippen molar-refractivity contribution in [2.75, 3.05) is 12.4 Å². The Kier molecular flexibility index (Phi) is 4.83. The maximum Gasteiger partial charge on any atom is 0.203 e. The highest BCUT2D eigenvalue weighted by atomic mass is 15.2. The fourth-order valence-corrected chi connectivity index (χ4v) is 1.72. The number of imidazole rings is 1. The Bertz CT molecular complexity index is 432. The molecule has 0 aliphatic heterocycles. The molecule has 3 heteroatoms. The number of nitrogens with one attached hydrogen (secondary N) is 1. The molecule has 2 rings (SSSR count). The summed E-state index contributed by atoms with van der Waals surface area (Å²) in [6, 6.07) is 8.22. The van der Waals surface area contributed by atoms with Crippen molar-refractivity contribution in [3.05, 3.63) is 24.3 Å². The summed E-state index contributed by atoms with van der Waals surface area (Å²) >= 11 is 0. The normalized spacial score (nSPS) is 9.75. The van der Waals surface area contributed by atoms with E-state index in [0.29, 0.717) is 0 Å². The summed E-state index contributed by atoms with van der Waals surface area (Å²) < 4.78 is 2.22. The second-order valence-electron chi connectivity index (χ2n) is 3.33. The fraction of sp³-hybridized carbons (Fsp3) is 0.462. The van der Waals surface area contributed by atoms with Gasteiger partial charge in [-0.1, -0.05) is 32.9 Å². The molecular weight excluding hydrogens is 198 g/mol. The van der Waals surface area contributed by atoms with E-state index in [0.717, 1.165) is 24.4 Å². The SMILES string of the molecule is CC.CCCn1c(NC)nc2ccccc21. The van der Waals surface area contributed by atoms with Gasteiger partial charge in [0.25, 0.3) is 0 Å². The van der Waals surface area contributed by atoms with Crippen LogP contribution in [0.4, 0.5) is 5.95 Å². The third-order valence-corrected chi connectivity index (χ3v) is 2.33. The number of benzene rings is 1. The van der Waals surface area contributed by atoms with Gasteiger partial charge in [-0.3, -0.25) is 0 Å². The van der Waals surface area contributed by atoms with E-state index >= 15 is 0 Å². The van der Waals surface area contributed by atoms with E-state index in [2.05, 4.69) is 33.9 Å². The van der Waals surface area contributed by atoms with Crippen LogP contribution >= 0.6 is 0 Å². The largest absolute Gasteiger partial charge is 0.359 e. The highest BCUT2D eigenvalue weighted by Crippen LogP contribution is 2.19. The quantitative estimate of drug-likeness (QED) is 0.856. The number of rotatable bonds is 3. The van der Waals surface area contributed by atoms with Crippen LogP contribution < -0.4 is 5.32 Å². The average Bonchev–Trinajstić information content (AvgIpc) is 2.71. The molecule has 3 nitrogen and oxygen atoms in total. The van der Waals surface area contributed by atoms with Crippen molar-refractivity contribution in [2.24, 2.45) is 0 Å². The highest BCUT2D eigenvalue weighted by molar-refractivity contribution is 5.78. The van der Waals surface area contributed by atoms with Gasteiger partial charge in [-0.25, -0.2) is 4.98 Å². The molecule has 0 fully saturated rings. The van der Waals surface area contributed by atoms with Gasteiger partial charge in [0, 0.05) is 13.6 Å². The molecule has 0 aliphatic carbocycles. The number of hydrogen-bond donors (Lipinski definition) is 1. The molecule has 0 amide bonds. The van der Waals surface area contributed by atoms with Crippen molar-refractivity contribution >= 4 is 17.0 Å². The first kappa shape index (κ1) is 12.6. The van der Waals surface area contributed by atoms with Gasteiger partial charge in [-0.05, 0) is 18.6 Å². The van der Waals surface area contributed by atoms with E-state index in [4.69, 9.17) is 0 Å². The van der Waals surface area contributed by atoms with E-state index < -0.39 is 0 Å². The minimum atomic E-state index is 0.952. The molecule has 0 radical (unpaired) electrons. The fourth-order valence-electron chi connectivity index (χ4n) is 1.72. The standard InChI is InChI=1S/C11H15N3.C2H6/c1-3-8-14-10-7-5-4-6-9(10)13-11(14)12-2;1-2/h4-7H,3,8H2,1-2H3,(H,12,13);1-2H3. The lowest BCUT2D eigenvalue weighted by molar-refractivity contribution is 0.704. The zero-order chi connectivity index (χ0) is 12.0. The van der Waals surface area contributed by atoms with Crippen LogP contribution in [0.2, 0.25) is 0 Å². The molecule has 0 unspecified atom stereocenters. The maximum atomic E-state index is 4.50. The lowest BCUT2D eigenvalue weighted by Gasteiger charge is -2.05. The second-order valence-corrected chi connectivity index (χ2v) is 3.33. The van der Waals surface area contributed by atoms with Gasteiger partial charge < -0.3 is 9.88 Å². The molecule has 0 bridgehead atoms. The lowest BCUT2D eigenvalue weighted by atomic mass is 10.3. The van der Waals surface area contributed by atoms with E-state index in [1.807, 2.05) is 33.0 Å². The summed E-state index contributed by atoms with van der Waals surface area (Å²) in [6.07, 6.45) is 1.12. The molecule has 2 aromatic rings. The van der Waals surface area contributed by atoms with Crippen molar-refractivity contribution in [1.82, 2.24) is 9.55 Å². The van der Waals surface area contributed by atoms with Crippen LogP contribution in [0, 0.1) is 0 Å². The molecule has 0 aliphatic rings. The van der Waals surface area contributed by atoms with Crippen LogP contribution in [-0.4, -0.2) is 16.6 Å². The van der Waals surface area contributed by atoms with E-state index in [1.165, 1.54) is 5.52 Å². The van der Waals surface area contributed by atoms with Crippen molar-refractivity contribution in [1.29, 1.82) is 0 Å². The summed E-state index contributed by atoms with van der Waals surface area (Å²) in [7, 11) is 1.91. The zero-order valence-electron chi connectivity index (χ0n) is 10.6. The minimum absolute atomic E-state index is 0.952. The third-order valence-electron chi connectivity index (χ3n) is 2.33. The Hall–Kier alpha value is -1.51. The van der Waals surface area contributed by atoms with Crippen molar-refractivity contribution in [2.45, 2.75) is 33.7 Å². The van der Waals surface area contributed by atoms with Crippen molar-refractivity contribution < 1.29 is 0 Å². The van der Waals surface area contributed by atoms with Crippen LogP contribution in [0.3, 0.4) is 0 Å². The Balaban J connectivity index is 0.000000606. The molecular formula is C13H21N3. The van der Waals surface area contributed by atoms with Crippen LogP contribution in [0.15, 0.2) is 24.3 Å². The molecule has 1 heterocycles. The molecule has 0 atom stereocenters. The van der Waals surface area contributed by atoms with E-state index in [9.17, 15) is 0 Å². The maximum absolute atomic E-state index is 4.50. The number of aromatic nitrogens is 2. The summed E-state index contributed by atoms with van der Waals surface area (Å²) in [6.45, 7) is 7.19. The van der Waals surface area contributed by atoms with Gasteiger partial charge in [0.2, 0.25) is 5.95 Å². The lowest BCUT2D eigenvalue weighted by Crippen LogP contribution is -2.02. The van der Waals surface area contributed by atoms with E-state index in [-0.39, 0.29) is 0 Å². The first-order valence-corrected chi connectivity index (χ1v) is 6.00. The smallest absolute Gasteiger partial charge is 0.203 e. The number of nitrogens with zero attached hydrogens (tertiary/aromatic N) is 2. The summed E-state index contributed by atoms with van der Waals surface area (Å²) in [5.74, 6) is 0.952. The number of fused-ring (bicyclic) bond motifs is 1. The van der Waals surface area contributed by atoms with Gasteiger partial charge in [-0.2, -0.15) is 0 Å². The molecule has 0 saturated heterocycles. The Morgan fingerprint density at radius 1 is 1.25 bits per heavy atom. The minimum Gasteiger partial charge on any atom is -0.359 e. The predicted molar refractivity (Wildman–Crippen MR) is 70.9 cm³/mol. The van der Waals surface area contributed by atoms with E-state index in [1.54, 1.807) is 0 Å². The first-order valence-electron chi connectivity index (χ1n) is 6.00. The topological polar surface area (TPSA) is 29.9 Å². The Morgan fingerprint density at radius 2 is 1.94 bits per heavy atom. The summed E-state index contributed by atoms with van der Waals surface area (Å²) in [4.78, 5) is 4.50. The second kappa shape index (κ2) is 6.16. The molecule has 0 saturated carbocycles. The zero-order valence-corrected chi connectivity index (χ0v) is 10.6. The van der Waals surface area contributed by atoms with Crippen molar-refractivity contribution in [3.8, 4) is 0 Å². The van der Waals surface area contributed by atoms with Crippen LogP contribution in [0.1, 0.15) is 27.2 Å².